The molecular formula is C18H31NO. The fraction of sp³-hybridized carbons (Fsp3) is 0.667. The summed E-state index contributed by atoms with van der Waals surface area (Å²) in [6, 6.07) is 9.29. The van der Waals surface area contributed by atoms with Crippen LogP contribution in [0.5, 0.6) is 0 Å². The first-order valence-corrected chi connectivity index (χ1v) is 8.02. The standard InChI is InChI=1S/C18H31NO/c1-5-6-16(11-12-20)13-19-15(4)18-9-7-17(8-10-18)14(2)3/h7-10,14-16,19-20H,5-6,11-13H2,1-4H3. The normalized spacial score (nSPS) is 14.5. The molecular weight excluding hydrogens is 246 g/mol. The molecule has 0 aliphatic rings. The minimum absolute atomic E-state index is 0.295. The second-order valence-electron chi connectivity index (χ2n) is 6.12. The van der Waals surface area contributed by atoms with Gasteiger partial charge in [0.25, 0.3) is 0 Å². The topological polar surface area (TPSA) is 32.3 Å². The summed E-state index contributed by atoms with van der Waals surface area (Å²) in [7, 11) is 0. The highest BCUT2D eigenvalue weighted by molar-refractivity contribution is 5.26. The Bertz CT molecular complexity index is 352. The van der Waals surface area contributed by atoms with Crippen molar-refractivity contribution in [2.45, 2.75) is 58.9 Å². The van der Waals surface area contributed by atoms with Gasteiger partial charge in [-0.05, 0) is 49.3 Å². The van der Waals surface area contributed by atoms with Crippen molar-refractivity contribution in [2.24, 2.45) is 5.92 Å². The van der Waals surface area contributed by atoms with Gasteiger partial charge in [-0.3, -0.25) is 0 Å². The van der Waals surface area contributed by atoms with E-state index in [0.29, 0.717) is 24.5 Å². The summed E-state index contributed by atoms with van der Waals surface area (Å²) in [6.45, 7) is 10.2. The molecule has 0 fully saturated rings. The van der Waals surface area contributed by atoms with Gasteiger partial charge in [-0.2, -0.15) is 0 Å². The lowest BCUT2D eigenvalue weighted by atomic mass is 9.97. The van der Waals surface area contributed by atoms with E-state index in [4.69, 9.17) is 5.11 Å². The second kappa shape index (κ2) is 9.15. The highest BCUT2D eigenvalue weighted by Crippen LogP contribution is 2.19. The average Bonchev–Trinajstić information content (AvgIpc) is 2.45. The zero-order valence-electron chi connectivity index (χ0n) is 13.5. The molecule has 0 aliphatic heterocycles. The van der Waals surface area contributed by atoms with E-state index in [1.807, 2.05) is 0 Å². The smallest absolute Gasteiger partial charge is 0.0434 e. The van der Waals surface area contributed by atoms with Crippen LogP contribution < -0.4 is 5.32 Å². The Kier molecular flexibility index (Phi) is 7.86. The molecule has 1 aromatic rings. The van der Waals surface area contributed by atoms with Gasteiger partial charge in [0, 0.05) is 12.6 Å². The van der Waals surface area contributed by atoms with Gasteiger partial charge in [0.1, 0.15) is 0 Å². The van der Waals surface area contributed by atoms with Crippen LogP contribution >= 0.6 is 0 Å². The molecule has 0 radical (unpaired) electrons. The summed E-state index contributed by atoms with van der Waals surface area (Å²) in [6.07, 6.45) is 3.27. The summed E-state index contributed by atoms with van der Waals surface area (Å²) in [4.78, 5) is 0. The van der Waals surface area contributed by atoms with Crippen molar-refractivity contribution in [1.82, 2.24) is 5.32 Å². The number of hydrogen-bond acceptors (Lipinski definition) is 2. The molecule has 0 heterocycles. The molecule has 0 spiro atoms. The Labute approximate surface area is 124 Å². The molecule has 0 bridgehead atoms. The molecule has 2 N–H and O–H groups in total. The van der Waals surface area contributed by atoms with E-state index < -0.39 is 0 Å². The van der Waals surface area contributed by atoms with Crippen molar-refractivity contribution in [3.8, 4) is 0 Å². The molecule has 2 nitrogen and oxygen atoms in total. The predicted octanol–water partition coefficient (Wildman–Crippen LogP) is 4.26. The van der Waals surface area contributed by atoms with Gasteiger partial charge >= 0.3 is 0 Å². The highest BCUT2D eigenvalue weighted by atomic mass is 16.3. The van der Waals surface area contributed by atoms with Crippen LogP contribution in [0.2, 0.25) is 0 Å². The van der Waals surface area contributed by atoms with Crippen molar-refractivity contribution in [2.75, 3.05) is 13.2 Å². The van der Waals surface area contributed by atoms with Gasteiger partial charge < -0.3 is 10.4 Å². The van der Waals surface area contributed by atoms with Crippen LogP contribution in [0, 0.1) is 5.92 Å². The molecule has 0 aliphatic carbocycles. The number of rotatable bonds is 9. The van der Waals surface area contributed by atoms with E-state index in [1.54, 1.807) is 0 Å². The molecule has 1 aromatic carbocycles. The zero-order chi connectivity index (χ0) is 15.0. The summed E-state index contributed by atoms with van der Waals surface area (Å²) >= 11 is 0. The maximum atomic E-state index is 9.10. The van der Waals surface area contributed by atoms with Crippen molar-refractivity contribution in [3.63, 3.8) is 0 Å². The van der Waals surface area contributed by atoms with Crippen LogP contribution in [-0.4, -0.2) is 18.3 Å². The van der Waals surface area contributed by atoms with E-state index in [-0.39, 0.29) is 0 Å². The summed E-state index contributed by atoms with van der Waals surface area (Å²) in [5.41, 5.74) is 2.73. The van der Waals surface area contributed by atoms with Crippen molar-refractivity contribution in [1.29, 1.82) is 0 Å². The maximum Gasteiger partial charge on any atom is 0.0434 e. The Balaban J connectivity index is 2.50. The van der Waals surface area contributed by atoms with Gasteiger partial charge in [-0.25, -0.2) is 0 Å². The summed E-state index contributed by atoms with van der Waals surface area (Å²) < 4.78 is 0. The average molecular weight is 277 g/mol. The minimum atomic E-state index is 0.295. The Hall–Kier alpha value is -0.860. The lowest BCUT2D eigenvalue weighted by molar-refractivity contribution is 0.246. The quantitative estimate of drug-likeness (QED) is 0.707. The van der Waals surface area contributed by atoms with Gasteiger partial charge in [0.05, 0.1) is 0 Å². The van der Waals surface area contributed by atoms with Gasteiger partial charge in [-0.1, -0.05) is 51.5 Å². The van der Waals surface area contributed by atoms with E-state index >= 15 is 0 Å². The van der Waals surface area contributed by atoms with Crippen LogP contribution in [-0.2, 0) is 0 Å². The van der Waals surface area contributed by atoms with E-state index in [1.165, 1.54) is 24.0 Å². The van der Waals surface area contributed by atoms with Gasteiger partial charge in [0.15, 0.2) is 0 Å². The first-order chi connectivity index (χ1) is 9.58. The Morgan fingerprint density at radius 3 is 2.10 bits per heavy atom. The van der Waals surface area contributed by atoms with E-state index in [2.05, 4.69) is 57.3 Å². The van der Waals surface area contributed by atoms with Gasteiger partial charge in [0.2, 0.25) is 0 Å². The summed E-state index contributed by atoms with van der Waals surface area (Å²) in [5.74, 6) is 1.17. The third kappa shape index (κ3) is 5.64. The maximum absolute atomic E-state index is 9.10. The van der Waals surface area contributed by atoms with Crippen molar-refractivity contribution >= 4 is 0 Å². The Morgan fingerprint density at radius 2 is 1.60 bits per heavy atom. The molecule has 1 rings (SSSR count). The molecule has 0 saturated carbocycles. The first kappa shape index (κ1) is 17.2. The van der Waals surface area contributed by atoms with Crippen molar-refractivity contribution < 1.29 is 5.11 Å². The Morgan fingerprint density at radius 1 is 1.00 bits per heavy atom. The fourth-order valence-corrected chi connectivity index (χ4v) is 2.57. The zero-order valence-corrected chi connectivity index (χ0v) is 13.5. The molecule has 114 valence electrons. The largest absolute Gasteiger partial charge is 0.396 e. The number of aliphatic hydroxyl groups is 1. The molecule has 2 heteroatoms. The van der Waals surface area contributed by atoms with Crippen LogP contribution in [0.1, 0.15) is 70.0 Å². The predicted molar refractivity (Wildman–Crippen MR) is 87.0 cm³/mol. The molecule has 0 saturated heterocycles. The molecule has 0 amide bonds. The third-order valence-corrected chi connectivity index (χ3v) is 4.05. The number of hydrogen-bond donors (Lipinski definition) is 2. The monoisotopic (exact) mass is 277 g/mol. The molecule has 0 aromatic heterocycles. The number of aliphatic hydroxyl groups excluding tert-OH is 1. The second-order valence-corrected chi connectivity index (χ2v) is 6.12. The summed E-state index contributed by atoms with van der Waals surface area (Å²) in [5, 5.41) is 12.7. The molecule has 2 atom stereocenters. The lowest BCUT2D eigenvalue weighted by Crippen LogP contribution is -2.26. The molecule has 2 unspecified atom stereocenters. The van der Waals surface area contributed by atoms with Crippen LogP contribution in [0.25, 0.3) is 0 Å². The minimum Gasteiger partial charge on any atom is -0.396 e. The van der Waals surface area contributed by atoms with Crippen LogP contribution in [0.4, 0.5) is 0 Å². The van der Waals surface area contributed by atoms with E-state index in [0.717, 1.165) is 13.0 Å². The number of benzene rings is 1. The molecule has 20 heavy (non-hydrogen) atoms. The number of nitrogens with one attached hydrogen (secondary N) is 1. The first-order valence-electron chi connectivity index (χ1n) is 8.02. The van der Waals surface area contributed by atoms with Crippen molar-refractivity contribution in [3.05, 3.63) is 35.4 Å². The fourth-order valence-electron chi connectivity index (χ4n) is 2.57. The van der Waals surface area contributed by atoms with Crippen LogP contribution in [0.15, 0.2) is 24.3 Å². The van der Waals surface area contributed by atoms with E-state index in [9.17, 15) is 0 Å². The lowest BCUT2D eigenvalue weighted by Gasteiger charge is -2.20. The SMILES string of the molecule is CCCC(CCO)CNC(C)c1ccc(C(C)C)cc1. The van der Waals surface area contributed by atoms with Crippen LogP contribution in [0.3, 0.4) is 0 Å². The highest BCUT2D eigenvalue weighted by Gasteiger charge is 2.10. The third-order valence-electron chi connectivity index (χ3n) is 4.05. The van der Waals surface area contributed by atoms with Gasteiger partial charge in [-0.15, -0.1) is 0 Å².